The molecule has 1 fully saturated rings. The molecule has 0 aliphatic carbocycles. The zero-order chi connectivity index (χ0) is 23.2. The van der Waals surface area contributed by atoms with Gasteiger partial charge in [-0.1, -0.05) is 5.92 Å². The van der Waals surface area contributed by atoms with Gasteiger partial charge in [0.05, 0.1) is 26.6 Å². The van der Waals surface area contributed by atoms with Crippen molar-refractivity contribution in [3.8, 4) is 35.3 Å². The summed E-state index contributed by atoms with van der Waals surface area (Å²) in [5.41, 5.74) is 2.95. The highest BCUT2D eigenvalue weighted by Crippen LogP contribution is 2.31. The van der Waals surface area contributed by atoms with Gasteiger partial charge in [0.1, 0.15) is 17.7 Å². The van der Waals surface area contributed by atoms with Crippen LogP contribution in [0.5, 0.6) is 11.5 Å². The second-order valence-corrected chi connectivity index (χ2v) is 8.00. The average Bonchev–Trinajstić information content (AvgIpc) is 3.33. The van der Waals surface area contributed by atoms with Crippen LogP contribution in [0.3, 0.4) is 0 Å². The van der Waals surface area contributed by atoms with Gasteiger partial charge in [0.2, 0.25) is 0 Å². The number of nitrogens with zero attached hydrogens (tertiary/aromatic N) is 2. The number of methoxy groups -OCH3 is 2. The lowest BCUT2D eigenvalue weighted by Crippen LogP contribution is -2.52. The van der Waals surface area contributed by atoms with E-state index in [2.05, 4.69) is 39.4 Å². The van der Waals surface area contributed by atoms with Gasteiger partial charge in [0.25, 0.3) is 5.91 Å². The topological polar surface area (TPSA) is 81.9 Å². The number of benzene rings is 1. The largest absolute Gasteiger partial charge is 0.497 e. The summed E-state index contributed by atoms with van der Waals surface area (Å²) < 4.78 is 10.7. The molecule has 1 saturated heterocycles. The van der Waals surface area contributed by atoms with Crippen LogP contribution >= 0.6 is 0 Å². The number of likely N-dealkylation sites (tertiary alicyclic amines) is 1. The Balaban J connectivity index is 1.56. The summed E-state index contributed by atoms with van der Waals surface area (Å²) in [6, 6.07) is 9.04. The number of fused-ring (bicyclic) bond motifs is 1. The van der Waals surface area contributed by atoms with Gasteiger partial charge < -0.3 is 24.7 Å². The Labute approximate surface area is 194 Å². The van der Waals surface area contributed by atoms with Gasteiger partial charge in [-0.15, -0.1) is 0 Å². The second-order valence-electron chi connectivity index (χ2n) is 8.00. The number of ether oxygens (including phenoxy) is 2. The molecule has 2 aliphatic rings. The Morgan fingerprint density at radius 1 is 1.18 bits per heavy atom. The zero-order valence-electron chi connectivity index (χ0n) is 19.2. The summed E-state index contributed by atoms with van der Waals surface area (Å²) in [7, 11) is 3.25. The number of amides is 1. The van der Waals surface area contributed by atoms with Gasteiger partial charge in [-0.2, -0.15) is 0 Å². The third-order valence-corrected chi connectivity index (χ3v) is 5.85. The van der Waals surface area contributed by atoms with Gasteiger partial charge in [-0.05, 0) is 43.7 Å². The lowest BCUT2D eigenvalue weighted by molar-refractivity contribution is -0.126. The van der Waals surface area contributed by atoms with Crippen LogP contribution in [0.1, 0.15) is 37.1 Å². The normalized spacial score (nSPS) is 19.2. The summed E-state index contributed by atoms with van der Waals surface area (Å²) in [6.45, 7) is 3.63. The molecule has 3 N–H and O–H groups in total. The first-order valence-corrected chi connectivity index (χ1v) is 11.0. The molecule has 1 aromatic carbocycles. The summed E-state index contributed by atoms with van der Waals surface area (Å²) >= 11 is 0. The lowest BCUT2D eigenvalue weighted by atomic mass is 10.0. The number of piperidine rings is 1. The van der Waals surface area contributed by atoms with E-state index in [0.717, 1.165) is 36.2 Å². The third-order valence-electron chi connectivity index (χ3n) is 5.85. The number of carbonyl (C=O) groups excluding carboxylic acids is 1. The van der Waals surface area contributed by atoms with Crippen molar-refractivity contribution in [2.75, 3.05) is 39.3 Å². The molecule has 1 aromatic heterocycles. The Morgan fingerprint density at radius 2 is 1.97 bits per heavy atom. The maximum Gasteiger partial charge on any atom is 0.298 e. The summed E-state index contributed by atoms with van der Waals surface area (Å²) in [5.74, 6) is 9.88. The molecule has 172 valence electrons. The Bertz CT molecular complexity index is 1100. The van der Waals surface area contributed by atoms with Crippen molar-refractivity contribution in [2.24, 2.45) is 0 Å². The summed E-state index contributed by atoms with van der Waals surface area (Å²) in [5, 5.41) is 7.14. The lowest BCUT2D eigenvalue weighted by Gasteiger charge is -2.39. The second kappa shape index (κ2) is 10.2. The highest BCUT2D eigenvalue weighted by molar-refractivity contribution is 5.93. The number of H-pyrrole nitrogens is 1. The van der Waals surface area contributed by atoms with Gasteiger partial charge in [-0.25, -0.2) is 0 Å². The van der Waals surface area contributed by atoms with Crippen LogP contribution in [0.15, 0.2) is 30.6 Å². The first-order valence-electron chi connectivity index (χ1n) is 11.0. The molecule has 1 amide bonds. The number of hydrogen-bond donors (Lipinski definition) is 3. The minimum absolute atomic E-state index is 0.111. The van der Waals surface area contributed by atoms with Crippen LogP contribution in [-0.2, 0) is 4.79 Å². The number of aromatic amines is 1. The molecule has 8 nitrogen and oxygen atoms in total. The molecule has 4 rings (SSSR count). The van der Waals surface area contributed by atoms with Crippen molar-refractivity contribution in [1.82, 2.24) is 20.1 Å². The molecule has 0 saturated carbocycles. The zero-order valence-corrected chi connectivity index (χ0v) is 19.2. The maximum atomic E-state index is 12.3. The van der Waals surface area contributed by atoms with E-state index in [0.29, 0.717) is 24.7 Å². The van der Waals surface area contributed by atoms with E-state index in [4.69, 9.17) is 9.47 Å². The number of hydrogen-bond acceptors (Lipinski definition) is 6. The molecular formula is C25H29N5O3. The predicted octanol–water partition coefficient (Wildman–Crippen LogP) is 2.33. The van der Waals surface area contributed by atoms with Crippen LogP contribution in [0, 0.1) is 23.8 Å². The van der Waals surface area contributed by atoms with Crippen molar-refractivity contribution in [3.63, 3.8) is 0 Å². The molecular weight excluding hydrogens is 418 g/mol. The first kappa shape index (κ1) is 22.4. The van der Waals surface area contributed by atoms with Gasteiger partial charge in [0, 0.05) is 54.8 Å². The standard InChI is InChI=1S/C25H29N5O3/c1-4-6-24(31)29-9-5-7-19(16-29)28-25-22-14-26-15-23(22)27-17-30(25)10-8-18-11-20(32-2)13-21(12-18)33-3/h11-15,19,25-28H,5,7,9,16-17H2,1-3H3/t19?,25-/m0/s1. The monoisotopic (exact) mass is 447 g/mol. The number of anilines is 1. The average molecular weight is 448 g/mol. The van der Waals surface area contributed by atoms with Crippen molar-refractivity contribution in [3.05, 3.63) is 41.7 Å². The molecule has 8 heteroatoms. The Kier molecular flexibility index (Phi) is 6.97. The van der Waals surface area contributed by atoms with E-state index >= 15 is 0 Å². The van der Waals surface area contributed by atoms with E-state index in [1.807, 2.05) is 40.4 Å². The molecule has 0 bridgehead atoms. The quantitative estimate of drug-likeness (QED) is 0.625. The highest BCUT2D eigenvalue weighted by atomic mass is 16.5. The molecule has 33 heavy (non-hydrogen) atoms. The summed E-state index contributed by atoms with van der Waals surface area (Å²) in [4.78, 5) is 19.3. The van der Waals surface area contributed by atoms with E-state index in [9.17, 15) is 4.79 Å². The third kappa shape index (κ3) is 5.19. The van der Waals surface area contributed by atoms with E-state index in [-0.39, 0.29) is 18.1 Å². The van der Waals surface area contributed by atoms with Crippen molar-refractivity contribution in [1.29, 1.82) is 0 Å². The van der Waals surface area contributed by atoms with Crippen LogP contribution in [0.2, 0.25) is 0 Å². The van der Waals surface area contributed by atoms with Crippen molar-refractivity contribution in [2.45, 2.75) is 32.0 Å². The number of rotatable bonds is 4. The molecule has 2 aromatic rings. The van der Waals surface area contributed by atoms with Crippen LogP contribution in [0.25, 0.3) is 0 Å². The summed E-state index contributed by atoms with van der Waals surface area (Å²) in [6.07, 6.45) is 5.74. The van der Waals surface area contributed by atoms with Gasteiger partial charge in [-0.3, -0.25) is 15.0 Å². The molecule has 1 unspecified atom stereocenters. The fourth-order valence-electron chi connectivity index (χ4n) is 4.19. The van der Waals surface area contributed by atoms with E-state index in [1.54, 1.807) is 21.1 Å². The Hall–Kier alpha value is -3.75. The fourth-order valence-corrected chi connectivity index (χ4v) is 4.19. The van der Waals surface area contributed by atoms with Crippen LogP contribution < -0.4 is 20.1 Å². The van der Waals surface area contributed by atoms with Crippen LogP contribution in [0.4, 0.5) is 5.69 Å². The first-order chi connectivity index (χ1) is 16.1. The maximum absolute atomic E-state index is 12.3. The van der Waals surface area contributed by atoms with Crippen molar-refractivity contribution >= 4 is 11.6 Å². The molecule has 2 aliphatic heterocycles. The minimum Gasteiger partial charge on any atom is -0.497 e. The molecule has 2 atom stereocenters. The fraction of sp³-hybridized carbons (Fsp3) is 0.400. The predicted molar refractivity (Wildman–Crippen MR) is 126 cm³/mol. The number of nitrogens with one attached hydrogen (secondary N) is 3. The molecule has 3 heterocycles. The van der Waals surface area contributed by atoms with E-state index in [1.165, 1.54) is 0 Å². The van der Waals surface area contributed by atoms with Gasteiger partial charge >= 0.3 is 0 Å². The SMILES string of the molecule is CC#CC(=O)N1CCCC(N[C@@H]2c3c[nH]cc3NCN2C#Cc2cc(OC)cc(OC)c2)C1. The highest BCUT2D eigenvalue weighted by Gasteiger charge is 2.31. The smallest absolute Gasteiger partial charge is 0.298 e. The number of aromatic nitrogens is 1. The molecule has 0 radical (unpaired) electrons. The minimum atomic E-state index is -0.121. The van der Waals surface area contributed by atoms with Crippen LogP contribution in [-0.4, -0.2) is 60.7 Å². The molecule has 0 spiro atoms. The number of carbonyl (C=O) groups is 1. The Morgan fingerprint density at radius 3 is 2.70 bits per heavy atom. The van der Waals surface area contributed by atoms with Gasteiger partial charge in [0.15, 0.2) is 0 Å². The van der Waals surface area contributed by atoms with E-state index < -0.39 is 0 Å². The van der Waals surface area contributed by atoms with Crippen molar-refractivity contribution < 1.29 is 14.3 Å².